The Hall–Kier alpha value is -3.91. The number of anilines is 2. The third-order valence-corrected chi connectivity index (χ3v) is 7.38. The zero-order chi connectivity index (χ0) is 23.1. The van der Waals surface area contributed by atoms with E-state index in [1.165, 1.54) is 28.1 Å². The van der Waals surface area contributed by atoms with E-state index >= 15 is 0 Å². The van der Waals surface area contributed by atoms with Crippen molar-refractivity contribution in [2.24, 2.45) is 5.92 Å². The van der Waals surface area contributed by atoms with Crippen LogP contribution in [0.1, 0.15) is 19.4 Å². The van der Waals surface area contributed by atoms with E-state index in [1.807, 2.05) is 18.3 Å². The lowest BCUT2D eigenvalue weighted by atomic mass is 9.65. The van der Waals surface area contributed by atoms with Gasteiger partial charge in [-0.2, -0.15) is 0 Å². The first-order valence-corrected chi connectivity index (χ1v) is 12.0. The summed E-state index contributed by atoms with van der Waals surface area (Å²) in [6.45, 7) is 4.76. The second-order valence-corrected chi connectivity index (χ2v) is 9.74. The van der Waals surface area contributed by atoms with E-state index in [0.717, 1.165) is 11.3 Å². The molecule has 166 valence electrons. The maximum absolute atomic E-state index is 4.54. The molecule has 2 aliphatic rings. The fraction of sp³-hybridized carbons (Fsp3) is 0.156. The number of para-hydroxylation sites is 1. The Bertz CT molecular complexity index is 1400. The normalized spacial score (nSPS) is 20.0. The standard InChI is InChI=1S/C32H28N2/c1-32(2)27-15-3-5-18-30(27)34(31-19-6-4-16-28(31)32)26-14-10-12-24(22-26)23-11-9-13-25(21-23)29-17-7-8-20-33-29/h3-22,27,30H,1-2H3. The van der Waals surface area contributed by atoms with Crippen molar-refractivity contribution in [1.82, 2.24) is 4.98 Å². The van der Waals surface area contributed by atoms with Gasteiger partial charge in [-0.05, 0) is 53.1 Å². The molecule has 1 aromatic heterocycles. The van der Waals surface area contributed by atoms with Gasteiger partial charge in [-0.25, -0.2) is 0 Å². The molecule has 0 saturated heterocycles. The van der Waals surface area contributed by atoms with E-state index in [0.29, 0.717) is 5.92 Å². The Kier molecular flexibility index (Phi) is 4.95. The monoisotopic (exact) mass is 440 g/mol. The number of fused-ring (bicyclic) bond motifs is 2. The number of aromatic nitrogens is 1. The Labute approximate surface area is 201 Å². The van der Waals surface area contributed by atoms with Gasteiger partial charge >= 0.3 is 0 Å². The van der Waals surface area contributed by atoms with Crippen molar-refractivity contribution >= 4 is 11.4 Å². The molecule has 2 unspecified atom stereocenters. The third kappa shape index (κ3) is 3.38. The highest BCUT2D eigenvalue weighted by molar-refractivity contribution is 5.78. The molecule has 6 rings (SSSR count). The highest BCUT2D eigenvalue weighted by Gasteiger charge is 2.44. The summed E-state index contributed by atoms with van der Waals surface area (Å²) in [7, 11) is 0. The largest absolute Gasteiger partial charge is 0.334 e. The van der Waals surface area contributed by atoms with Crippen LogP contribution < -0.4 is 4.90 Å². The van der Waals surface area contributed by atoms with Crippen molar-refractivity contribution < 1.29 is 0 Å². The second kappa shape index (κ2) is 8.14. The van der Waals surface area contributed by atoms with Crippen LogP contribution in [0.2, 0.25) is 0 Å². The molecule has 2 nitrogen and oxygen atoms in total. The van der Waals surface area contributed by atoms with E-state index in [2.05, 4.69) is 127 Å². The number of nitrogens with zero attached hydrogens (tertiary/aromatic N) is 2. The summed E-state index contributed by atoms with van der Waals surface area (Å²) in [5.74, 6) is 0.406. The number of hydrogen-bond acceptors (Lipinski definition) is 2. The number of allylic oxidation sites excluding steroid dienone is 2. The summed E-state index contributed by atoms with van der Waals surface area (Å²) in [5, 5.41) is 0. The molecule has 0 amide bonds. The molecule has 3 aromatic carbocycles. The van der Waals surface area contributed by atoms with Crippen LogP contribution in [0, 0.1) is 5.92 Å². The molecule has 1 aliphatic carbocycles. The van der Waals surface area contributed by atoms with Gasteiger partial charge < -0.3 is 4.90 Å². The second-order valence-electron chi connectivity index (χ2n) is 9.74. The first-order chi connectivity index (χ1) is 16.6. The molecular weight excluding hydrogens is 412 g/mol. The van der Waals surface area contributed by atoms with E-state index in [9.17, 15) is 0 Å². The molecule has 2 heterocycles. The van der Waals surface area contributed by atoms with Crippen LogP contribution in [-0.2, 0) is 5.41 Å². The fourth-order valence-electron chi connectivity index (χ4n) is 5.62. The Morgan fingerprint density at radius 3 is 2.29 bits per heavy atom. The molecule has 4 aromatic rings. The van der Waals surface area contributed by atoms with Crippen LogP contribution in [0.25, 0.3) is 22.4 Å². The minimum atomic E-state index is 0.0631. The molecule has 2 heteroatoms. The summed E-state index contributed by atoms with van der Waals surface area (Å²) in [6, 6.07) is 32.8. The number of hydrogen-bond donors (Lipinski definition) is 0. The lowest BCUT2D eigenvalue weighted by molar-refractivity contribution is 0.332. The molecule has 34 heavy (non-hydrogen) atoms. The highest BCUT2D eigenvalue weighted by Crippen LogP contribution is 2.50. The highest BCUT2D eigenvalue weighted by atomic mass is 15.2. The van der Waals surface area contributed by atoms with Gasteiger partial charge in [0.15, 0.2) is 0 Å². The summed E-state index contributed by atoms with van der Waals surface area (Å²) in [6.07, 6.45) is 11.0. The lowest BCUT2D eigenvalue weighted by Gasteiger charge is -2.50. The third-order valence-electron chi connectivity index (χ3n) is 7.38. The van der Waals surface area contributed by atoms with Crippen molar-refractivity contribution in [2.75, 3.05) is 4.90 Å². The van der Waals surface area contributed by atoms with Crippen LogP contribution in [0.3, 0.4) is 0 Å². The number of benzene rings is 3. The SMILES string of the molecule is CC1(C)c2ccccc2N(c2cccc(-c3cccc(-c4ccccn4)c3)c2)C2C=CC=CC21. The van der Waals surface area contributed by atoms with Crippen molar-refractivity contribution in [3.8, 4) is 22.4 Å². The van der Waals surface area contributed by atoms with Gasteiger partial charge in [-0.1, -0.05) is 92.7 Å². The van der Waals surface area contributed by atoms with Crippen LogP contribution in [0.15, 0.2) is 121 Å². The van der Waals surface area contributed by atoms with Crippen molar-refractivity contribution in [3.63, 3.8) is 0 Å². The average Bonchev–Trinajstić information content (AvgIpc) is 2.90. The number of rotatable bonds is 3. The zero-order valence-electron chi connectivity index (χ0n) is 19.6. The lowest BCUT2D eigenvalue weighted by Crippen LogP contribution is -2.49. The first-order valence-electron chi connectivity index (χ1n) is 12.0. The Morgan fingerprint density at radius 2 is 1.44 bits per heavy atom. The summed E-state index contributed by atoms with van der Waals surface area (Å²) >= 11 is 0. The van der Waals surface area contributed by atoms with Gasteiger partial charge in [0.2, 0.25) is 0 Å². The molecule has 2 atom stereocenters. The van der Waals surface area contributed by atoms with Gasteiger partial charge in [0.05, 0.1) is 11.7 Å². The topological polar surface area (TPSA) is 16.1 Å². The molecule has 0 radical (unpaired) electrons. The molecule has 0 N–H and O–H groups in total. The van der Waals surface area contributed by atoms with E-state index in [1.54, 1.807) is 0 Å². The fourth-order valence-corrected chi connectivity index (χ4v) is 5.62. The van der Waals surface area contributed by atoms with E-state index < -0.39 is 0 Å². The Balaban J connectivity index is 1.46. The van der Waals surface area contributed by atoms with Crippen LogP contribution in [0.5, 0.6) is 0 Å². The quantitative estimate of drug-likeness (QED) is 0.321. The van der Waals surface area contributed by atoms with Crippen molar-refractivity contribution in [2.45, 2.75) is 25.3 Å². The Morgan fingerprint density at radius 1 is 0.706 bits per heavy atom. The minimum Gasteiger partial charge on any atom is -0.334 e. The van der Waals surface area contributed by atoms with Crippen LogP contribution in [0.4, 0.5) is 11.4 Å². The summed E-state index contributed by atoms with van der Waals surface area (Å²) in [4.78, 5) is 7.06. The maximum atomic E-state index is 4.54. The van der Waals surface area contributed by atoms with Gasteiger partial charge in [-0.3, -0.25) is 4.98 Å². The van der Waals surface area contributed by atoms with E-state index in [-0.39, 0.29) is 11.5 Å². The van der Waals surface area contributed by atoms with Gasteiger partial charge in [0.1, 0.15) is 0 Å². The molecule has 0 spiro atoms. The maximum Gasteiger partial charge on any atom is 0.0702 e. The molecule has 0 bridgehead atoms. The predicted molar refractivity (Wildman–Crippen MR) is 142 cm³/mol. The molecule has 1 aliphatic heterocycles. The van der Waals surface area contributed by atoms with Crippen molar-refractivity contribution in [3.05, 3.63) is 127 Å². The van der Waals surface area contributed by atoms with Gasteiger partial charge in [0, 0.05) is 34.5 Å². The summed E-state index contributed by atoms with van der Waals surface area (Å²) in [5.41, 5.74) is 8.53. The smallest absolute Gasteiger partial charge is 0.0702 e. The van der Waals surface area contributed by atoms with Crippen LogP contribution >= 0.6 is 0 Å². The zero-order valence-corrected chi connectivity index (χ0v) is 19.6. The van der Waals surface area contributed by atoms with Gasteiger partial charge in [0.25, 0.3) is 0 Å². The molecule has 0 saturated carbocycles. The predicted octanol–water partition coefficient (Wildman–Crippen LogP) is 7.96. The van der Waals surface area contributed by atoms with Crippen LogP contribution in [-0.4, -0.2) is 11.0 Å². The number of pyridine rings is 1. The van der Waals surface area contributed by atoms with Gasteiger partial charge in [-0.15, -0.1) is 0 Å². The van der Waals surface area contributed by atoms with E-state index in [4.69, 9.17) is 0 Å². The molecule has 0 fully saturated rings. The average molecular weight is 441 g/mol. The van der Waals surface area contributed by atoms with Crippen molar-refractivity contribution in [1.29, 1.82) is 0 Å². The first kappa shape index (κ1) is 20.7. The molecular formula is C32H28N2. The summed E-state index contributed by atoms with van der Waals surface area (Å²) < 4.78 is 0. The minimum absolute atomic E-state index is 0.0631.